The van der Waals surface area contributed by atoms with Gasteiger partial charge in [0.2, 0.25) is 0 Å². The molecule has 1 fully saturated rings. The third kappa shape index (κ3) is 6.95. The minimum Gasteiger partial charge on any atom is -0.378 e. The summed E-state index contributed by atoms with van der Waals surface area (Å²) in [5.74, 6) is 1.05. The molecule has 0 atom stereocenters. The topological polar surface area (TPSA) is 48.9 Å². The zero-order valence-corrected chi connectivity index (χ0v) is 21.4. The second kappa shape index (κ2) is 13.2. The Bertz CT molecular complexity index is 952. The number of morpholine rings is 1. The summed E-state index contributed by atoms with van der Waals surface area (Å²) >= 11 is 0. The minimum atomic E-state index is 0. The van der Waals surface area contributed by atoms with Crippen LogP contribution in [0.1, 0.15) is 22.6 Å². The molecule has 4 rings (SSSR count). The highest BCUT2D eigenvalue weighted by Crippen LogP contribution is 2.24. The number of ether oxygens (including phenoxy) is 1. The predicted octanol–water partition coefficient (Wildman–Crippen LogP) is 4.64. The van der Waals surface area contributed by atoms with Gasteiger partial charge in [-0.15, -0.1) is 24.0 Å². The van der Waals surface area contributed by atoms with Gasteiger partial charge in [0, 0.05) is 44.8 Å². The number of hydrogen-bond donors (Lipinski definition) is 2. The van der Waals surface area contributed by atoms with Crippen LogP contribution in [0.25, 0.3) is 0 Å². The lowest BCUT2D eigenvalue weighted by molar-refractivity contribution is 0.122. The molecule has 0 aromatic heterocycles. The normalized spacial score (nSPS) is 14.0. The van der Waals surface area contributed by atoms with E-state index < -0.39 is 0 Å². The van der Waals surface area contributed by atoms with Crippen LogP contribution in [0.4, 0.5) is 5.69 Å². The van der Waals surface area contributed by atoms with Crippen molar-refractivity contribution in [1.82, 2.24) is 10.6 Å². The van der Waals surface area contributed by atoms with Crippen LogP contribution in [-0.2, 0) is 11.3 Å². The number of nitrogens with one attached hydrogen (secondary N) is 2. The lowest BCUT2D eigenvalue weighted by Crippen LogP contribution is -2.40. The summed E-state index contributed by atoms with van der Waals surface area (Å²) < 4.78 is 5.52. The zero-order chi connectivity index (χ0) is 22.0. The standard InChI is InChI=1S/C27H32N4O.HI/c1-28-27(29-20-24-14-8-9-15-26(24)31-16-18-32-19-17-31)30-21-25(22-10-4-2-5-11-22)23-12-6-3-7-13-23;/h2-15,25H,16-21H2,1H3,(H2,28,29,30);1H. The van der Waals surface area contributed by atoms with E-state index >= 15 is 0 Å². The van der Waals surface area contributed by atoms with Gasteiger partial charge in [0.15, 0.2) is 5.96 Å². The van der Waals surface area contributed by atoms with Crippen LogP contribution in [-0.4, -0.2) is 45.9 Å². The fourth-order valence-corrected chi connectivity index (χ4v) is 4.17. The Morgan fingerprint density at radius 3 is 2.03 bits per heavy atom. The molecule has 5 nitrogen and oxygen atoms in total. The van der Waals surface area contributed by atoms with Crippen molar-refractivity contribution in [2.45, 2.75) is 12.5 Å². The van der Waals surface area contributed by atoms with Crippen molar-refractivity contribution in [2.75, 3.05) is 44.8 Å². The molecule has 0 radical (unpaired) electrons. The highest BCUT2D eigenvalue weighted by Gasteiger charge is 2.16. The molecule has 1 aliphatic rings. The molecule has 0 spiro atoms. The van der Waals surface area contributed by atoms with Gasteiger partial charge >= 0.3 is 0 Å². The fourth-order valence-electron chi connectivity index (χ4n) is 4.17. The summed E-state index contributed by atoms with van der Waals surface area (Å²) in [6.45, 7) is 4.91. The minimum absolute atomic E-state index is 0. The van der Waals surface area contributed by atoms with E-state index in [0.717, 1.165) is 38.8 Å². The Kier molecular flexibility index (Phi) is 10.0. The van der Waals surface area contributed by atoms with E-state index in [-0.39, 0.29) is 29.9 Å². The molecule has 3 aromatic rings. The molecule has 0 unspecified atom stereocenters. The van der Waals surface area contributed by atoms with E-state index in [1.807, 2.05) is 7.05 Å². The first-order valence-corrected chi connectivity index (χ1v) is 11.3. The van der Waals surface area contributed by atoms with Crippen LogP contribution < -0.4 is 15.5 Å². The molecule has 1 saturated heterocycles. The second-order valence-electron chi connectivity index (χ2n) is 7.91. The zero-order valence-electron chi connectivity index (χ0n) is 19.1. The molecule has 6 heteroatoms. The third-order valence-electron chi connectivity index (χ3n) is 5.89. The summed E-state index contributed by atoms with van der Waals surface area (Å²) in [5.41, 5.74) is 5.11. The van der Waals surface area contributed by atoms with Gasteiger partial charge in [-0.2, -0.15) is 0 Å². The molecule has 0 saturated carbocycles. The summed E-state index contributed by atoms with van der Waals surface area (Å²) in [7, 11) is 1.82. The Hall–Kier alpha value is -2.58. The number of aliphatic imine (C=N–C) groups is 1. The quantitative estimate of drug-likeness (QED) is 0.253. The molecular formula is C27H33IN4O. The van der Waals surface area contributed by atoms with E-state index in [9.17, 15) is 0 Å². The molecule has 0 aliphatic carbocycles. The average Bonchev–Trinajstić information content (AvgIpc) is 2.88. The third-order valence-corrected chi connectivity index (χ3v) is 5.89. The number of guanidine groups is 1. The lowest BCUT2D eigenvalue weighted by atomic mass is 9.91. The SMILES string of the molecule is CN=C(NCc1ccccc1N1CCOCC1)NCC(c1ccccc1)c1ccccc1.I. The number of nitrogens with zero attached hydrogens (tertiary/aromatic N) is 2. The molecule has 174 valence electrons. The maximum absolute atomic E-state index is 5.52. The number of rotatable bonds is 7. The Morgan fingerprint density at radius 2 is 1.42 bits per heavy atom. The summed E-state index contributed by atoms with van der Waals surface area (Å²) in [6.07, 6.45) is 0. The van der Waals surface area contributed by atoms with Crippen molar-refractivity contribution in [3.05, 3.63) is 102 Å². The van der Waals surface area contributed by atoms with Crippen molar-refractivity contribution < 1.29 is 4.74 Å². The molecule has 0 amide bonds. The first-order valence-electron chi connectivity index (χ1n) is 11.3. The molecule has 2 N–H and O–H groups in total. The van der Waals surface area contributed by atoms with Crippen LogP contribution >= 0.6 is 24.0 Å². The average molecular weight is 556 g/mol. The van der Waals surface area contributed by atoms with Crippen molar-refractivity contribution in [1.29, 1.82) is 0 Å². The molecule has 3 aromatic carbocycles. The van der Waals surface area contributed by atoms with Crippen molar-refractivity contribution in [3.8, 4) is 0 Å². The molecule has 33 heavy (non-hydrogen) atoms. The van der Waals surface area contributed by atoms with Gasteiger partial charge in [-0.3, -0.25) is 4.99 Å². The number of halogens is 1. The van der Waals surface area contributed by atoms with Crippen LogP contribution in [0.3, 0.4) is 0 Å². The van der Waals surface area contributed by atoms with Gasteiger partial charge < -0.3 is 20.3 Å². The van der Waals surface area contributed by atoms with Crippen LogP contribution in [0.5, 0.6) is 0 Å². The van der Waals surface area contributed by atoms with Gasteiger partial charge in [-0.1, -0.05) is 78.9 Å². The fraction of sp³-hybridized carbons (Fsp3) is 0.296. The molecule has 1 heterocycles. The number of benzene rings is 3. The predicted molar refractivity (Wildman–Crippen MR) is 148 cm³/mol. The first-order chi connectivity index (χ1) is 15.8. The largest absolute Gasteiger partial charge is 0.378 e. The summed E-state index contributed by atoms with van der Waals surface area (Å²) in [6, 6.07) is 29.8. The molecule has 1 aliphatic heterocycles. The molecule has 0 bridgehead atoms. The Balaban J connectivity index is 0.00000306. The van der Waals surface area contributed by atoms with E-state index in [2.05, 4.69) is 105 Å². The molecular weight excluding hydrogens is 523 g/mol. The number of hydrogen-bond acceptors (Lipinski definition) is 3. The van der Waals surface area contributed by atoms with Gasteiger partial charge in [0.05, 0.1) is 13.2 Å². The van der Waals surface area contributed by atoms with Crippen LogP contribution in [0.15, 0.2) is 89.9 Å². The Labute approximate surface area is 214 Å². The van der Waals surface area contributed by atoms with E-state index in [1.54, 1.807) is 0 Å². The van der Waals surface area contributed by atoms with E-state index in [0.29, 0.717) is 6.54 Å². The number of para-hydroxylation sites is 1. The summed E-state index contributed by atoms with van der Waals surface area (Å²) in [4.78, 5) is 6.87. The van der Waals surface area contributed by atoms with Crippen molar-refractivity contribution in [2.24, 2.45) is 4.99 Å². The highest BCUT2D eigenvalue weighted by molar-refractivity contribution is 14.0. The summed E-state index contributed by atoms with van der Waals surface area (Å²) in [5, 5.41) is 7.05. The van der Waals surface area contributed by atoms with E-state index in [4.69, 9.17) is 4.74 Å². The lowest BCUT2D eigenvalue weighted by Gasteiger charge is -2.30. The van der Waals surface area contributed by atoms with Gasteiger partial charge in [0.25, 0.3) is 0 Å². The maximum atomic E-state index is 5.52. The van der Waals surface area contributed by atoms with Crippen molar-refractivity contribution in [3.63, 3.8) is 0 Å². The van der Waals surface area contributed by atoms with Crippen LogP contribution in [0.2, 0.25) is 0 Å². The monoisotopic (exact) mass is 556 g/mol. The van der Waals surface area contributed by atoms with Gasteiger partial charge in [-0.05, 0) is 22.8 Å². The maximum Gasteiger partial charge on any atom is 0.191 e. The second-order valence-corrected chi connectivity index (χ2v) is 7.91. The van der Waals surface area contributed by atoms with Crippen molar-refractivity contribution >= 4 is 35.6 Å². The van der Waals surface area contributed by atoms with E-state index in [1.165, 1.54) is 22.4 Å². The Morgan fingerprint density at radius 1 is 0.848 bits per heavy atom. The van der Waals surface area contributed by atoms with Crippen LogP contribution in [0, 0.1) is 0 Å². The number of anilines is 1. The smallest absolute Gasteiger partial charge is 0.191 e. The first kappa shape index (κ1) is 25.1. The van der Waals surface area contributed by atoms with Gasteiger partial charge in [-0.25, -0.2) is 0 Å². The highest BCUT2D eigenvalue weighted by atomic mass is 127. The van der Waals surface area contributed by atoms with Gasteiger partial charge in [0.1, 0.15) is 0 Å².